The average Bonchev–Trinajstić information content (AvgIpc) is 2.63. The molecular formula is C13H23NO4. The van der Waals surface area contributed by atoms with E-state index in [0.29, 0.717) is 32.9 Å². The Labute approximate surface area is 108 Å². The first-order valence-corrected chi connectivity index (χ1v) is 6.51. The molecule has 0 saturated carbocycles. The van der Waals surface area contributed by atoms with Gasteiger partial charge in [-0.05, 0) is 13.8 Å². The Kier molecular flexibility index (Phi) is 3.42. The largest absolute Gasteiger partial charge is 0.465 e. The van der Waals surface area contributed by atoms with E-state index >= 15 is 0 Å². The smallest absolute Gasteiger partial charge is 0.318 e. The monoisotopic (exact) mass is 257 g/mol. The van der Waals surface area contributed by atoms with Gasteiger partial charge in [-0.1, -0.05) is 13.8 Å². The SMILES string of the molecule is CCOC(=O)C1(C)CNCC12OCC(C)(C)CO2. The zero-order valence-corrected chi connectivity index (χ0v) is 11.7. The quantitative estimate of drug-likeness (QED) is 0.746. The van der Waals surface area contributed by atoms with Gasteiger partial charge in [-0.25, -0.2) is 0 Å². The first-order valence-electron chi connectivity index (χ1n) is 6.51. The van der Waals surface area contributed by atoms with Gasteiger partial charge in [0.1, 0.15) is 5.41 Å². The van der Waals surface area contributed by atoms with Gasteiger partial charge in [0.2, 0.25) is 0 Å². The average molecular weight is 257 g/mol. The molecule has 2 fully saturated rings. The van der Waals surface area contributed by atoms with E-state index in [-0.39, 0.29) is 11.4 Å². The molecule has 0 aromatic carbocycles. The van der Waals surface area contributed by atoms with E-state index in [1.54, 1.807) is 0 Å². The van der Waals surface area contributed by atoms with Crippen molar-refractivity contribution in [2.24, 2.45) is 10.8 Å². The number of ether oxygens (including phenoxy) is 3. The van der Waals surface area contributed by atoms with Gasteiger partial charge in [0.05, 0.1) is 26.4 Å². The third-order valence-electron chi connectivity index (χ3n) is 3.80. The van der Waals surface area contributed by atoms with Crippen LogP contribution in [0.5, 0.6) is 0 Å². The number of carbonyl (C=O) groups is 1. The van der Waals surface area contributed by atoms with Gasteiger partial charge < -0.3 is 19.5 Å². The minimum atomic E-state index is -0.880. The Morgan fingerprint density at radius 1 is 1.22 bits per heavy atom. The van der Waals surface area contributed by atoms with E-state index in [2.05, 4.69) is 19.2 Å². The molecule has 2 rings (SSSR count). The molecule has 0 bridgehead atoms. The Morgan fingerprint density at radius 2 is 1.83 bits per heavy atom. The van der Waals surface area contributed by atoms with E-state index in [1.807, 2.05) is 13.8 Å². The summed E-state index contributed by atoms with van der Waals surface area (Å²) in [5.41, 5.74) is -0.789. The zero-order chi connectivity index (χ0) is 13.4. The maximum absolute atomic E-state index is 12.2. The molecule has 5 heteroatoms. The highest BCUT2D eigenvalue weighted by Gasteiger charge is 2.62. The van der Waals surface area contributed by atoms with Gasteiger partial charge in [-0.3, -0.25) is 4.79 Å². The molecule has 0 amide bonds. The molecule has 5 nitrogen and oxygen atoms in total. The molecule has 2 saturated heterocycles. The Balaban J connectivity index is 2.19. The fourth-order valence-corrected chi connectivity index (χ4v) is 2.45. The third-order valence-corrected chi connectivity index (χ3v) is 3.80. The highest BCUT2D eigenvalue weighted by Crippen LogP contribution is 2.44. The van der Waals surface area contributed by atoms with Crippen molar-refractivity contribution in [1.29, 1.82) is 0 Å². The fourth-order valence-electron chi connectivity index (χ4n) is 2.45. The van der Waals surface area contributed by atoms with E-state index in [4.69, 9.17) is 14.2 Å². The molecule has 1 spiro atoms. The predicted octanol–water partition coefficient (Wildman–Crippen LogP) is 0.928. The van der Waals surface area contributed by atoms with Crippen molar-refractivity contribution < 1.29 is 19.0 Å². The summed E-state index contributed by atoms with van der Waals surface area (Å²) in [4.78, 5) is 12.2. The van der Waals surface area contributed by atoms with Gasteiger partial charge in [-0.2, -0.15) is 0 Å². The van der Waals surface area contributed by atoms with Crippen LogP contribution in [0.2, 0.25) is 0 Å². The topological polar surface area (TPSA) is 56.8 Å². The lowest BCUT2D eigenvalue weighted by atomic mass is 9.82. The lowest BCUT2D eigenvalue weighted by Crippen LogP contribution is -2.59. The van der Waals surface area contributed by atoms with Crippen LogP contribution in [0.15, 0.2) is 0 Å². The third kappa shape index (κ3) is 2.04. The maximum Gasteiger partial charge on any atom is 0.318 e. The van der Waals surface area contributed by atoms with Gasteiger partial charge >= 0.3 is 5.97 Å². The maximum atomic E-state index is 12.2. The van der Waals surface area contributed by atoms with Crippen molar-refractivity contribution in [3.8, 4) is 0 Å². The van der Waals surface area contributed by atoms with Gasteiger partial charge in [0, 0.05) is 12.0 Å². The second-order valence-corrected chi connectivity index (χ2v) is 6.15. The molecule has 0 radical (unpaired) electrons. The van der Waals surface area contributed by atoms with E-state index < -0.39 is 11.2 Å². The van der Waals surface area contributed by atoms with Crippen molar-refractivity contribution in [1.82, 2.24) is 5.32 Å². The minimum absolute atomic E-state index is 0.0105. The highest BCUT2D eigenvalue weighted by atomic mass is 16.7. The first-order chi connectivity index (χ1) is 8.35. The lowest BCUT2D eigenvalue weighted by Gasteiger charge is -2.47. The van der Waals surface area contributed by atoms with E-state index in [0.717, 1.165) is 0 Å². The van der Waals surface area contributed by atoms with Crippen LogP contribution in [-0.2, 0) is 19.0 Å². The molecule has 0 aliphatic carbocycles. The first kappa shape index (κ1) is 13.8. The summed E-state index contributed by atoms with van der Waals surface area (Å²) in [6.45, 7) is 10.4. The standard InChI is InChI=1S/C13H23NO4/c1-5-16-10(15)12(4)6-14-7-13(12)17-8-11(2,3)9-18-13/h14H,5-9H2,1-4H3. The Morgan fingerprint density at radius 3 is 2.39 bits per heavy atom. The predicted molar refractivity (Wildman–Crippen MR) is 66.0 cm³/mol. The summed E-state index contributed by atoms with van der Waals surface area (Å²) in [6.07, 6.45) is 0. The molecule has 1 N–H and O–H groups in total. The number of rotatable bonds is 2. The van der Waals surface area contributed by atoms with E-state index in [1.165, 1.54) is 0 Å². The number of esters is 1. The second-order valence-electron chi connectivity index (χ2n) is 6.15. The summed E-state index contributed by atoms with van der Waals surface area (Å²) < 4.78 is 17.0. The van der Waals surface area contributed by atoms with Crippen LogP contribution in [-0.4, -0.2) is 44.7 Å². The zero-order valence-electron chi connectivity index (χ0n) is 11.7. The molecule has 18 heavy (non-hydrogen) atoms. The molecule has 1 atom stereocenters. The van der Waals surface area contributed by atoms with Crippen molar-refractivity contribution in [2.45, 2.75) is 33.5 Å². The summed E-state index contributed by atoms with van der Waals surface area (Å²) >= 11 is 0. The summed E-state index contributed by atoms with van der Waals surface area (Å²) in [5, 5.41) is 3.19. The van der Waals surface area contributed by atoms with Gasteiger partial charge in [-0.15, -0.1) is 0 Å². The van der Waals surface area contributed by atoms with Crippen molar-refractivity contribution in [3.05, 3.63) is 0 Å². The van der Waals surface area contributed by atoms with Crippen LogP contribution in [0.4, 0.5) is 0 Å². The normalized spacial score (nSPS) is 33.6. The molecule has 0 aromatic rings. The van der Waals surface area contributed by atoms with Crippen LogP contribution in [0.25, 0.3) is 0 Å². The lowest BCUT2D eigenvalue weighted by molar-refractivity contribution is -0.323. The number of hydrogen-bond acceptors (Lipinski definition) is 5. The Hall–Kier alpha value is -0.650. The molecule has 104 valence electrons. The minimum Gasteiger partial charge on any atom is -0.465 e. The van der Waals surface area contributed by atoms with Crippen LogP contribution < -0.4 is 5.32 Å². The van der Waals surface area contributed by atoms with Crippen LogP contribution >= 0.6 is 0 Å². The number of hydrogen-bond donors (Lipinski definition) is 1. The van der Waals surface area contributed by atoms with Crippen LogP contribution in [0.1, 0.15) is 27.7 Å². The molecule has 0 aromatic heterocycles. The van der Waals surface area contributed by atoms with E-state index in [9.17, 15) is 4.79 Å². The molecule has 2 aliphatic rings. The van der Waals surface area contributed by atoms with Crippen molar-refractivity contribution in [2.75, 3.05) is 32.9 Å². The summed E-state index contributed by atoms with van der Waals surface area (Å²) in [6, 6.07) is 0. The van der Waals surface area contributed by atoms with Crippen LogP contribution in [0, 0.1) is 10.8 Å². The number of carbonyl (C=O) groups excluding carboxylic acids is 1. The Bertz CT molecular complexity index is 332. The highest BCUT2D eigenvalue weighted by molar-refractivity contribution is 5.78. The molecular weight excluding hydrogens is 234 g/mol. The van der Waals surface area contributed by atoms with Crippen molar-refractivity contribution in [3.63, 3.8) is 0 Å². The molecule has 2 aliphatic heterocycles. The van der Waals surface area contributed by atoms with Gasteiger partial charge in [0.25, 0.3) is 0 Å². The summed E-state index contributed by atoms with van der Waals surface area (Å²) in [5.74, 6) is -1.14. The van der Waals surface area contributed by atoms with Gasteiger partial charge in [0.15, 0.2) is 5.79 Å². The second kappa shape index (κ2) is 4.47. The fraction of sp³-hybridized carbons (Fsp3) is 0.923. The summed E-state index contributed by atoms with van der Waals surface area (Å²) in [7, 11) is 0. The number of nitrogens with one attached hydrogen (secondary N) is 1. The van der Waals surface area contributed by atoms with Crippen LogP contribution in [0.3, 0.4) is 0 Å². The van der Waals surface area contributed by atoms with Crippen molar-refractivity contribution >= 4 is 5.97 Å². The molecule has 2 heterocycles. The molecule has 1 unspecified atom stereocenters.